The molecule has 1 aromatic rings. The summed E-state index contributed by atoms with van der Waals surface area (Å²) < 4.78 is 5.75. The van der Waals surface area contributed by atoms with E-state index < -0.39 is 18.4 Å². The molecule has 2 rings (SSSR count). The zero-order valence-corrected chi connectivity index (χ0v) is 12.9. The summed E-state index contributed by atoms with van der Waals surface area (Å²) in [7, 11) is 0. The molecule has 0 atom stereocenters. The van der Waals surface area contributed by atoms with Gasteiger partial charge in [-0.25, -0.2) is 0 Å². The number of aliphatic carboxylic acids is 1. The first kappa shape index (κ1) is 15.5. The number of carbonyl (C=O) groups is 2. The SMILES string of the molecule is CCOc1ccccc1C=C1SC(=S)N(CC(=O)O)C1=O. The molecule has 0 saturated carbocycles. The third-order valence-corrected chi connectivity index (χ3v) is 4.05. The summed E-state index contributed by atoms with van der Waals surface area (Å²) in [6.45, 7) is 1.98. The minimum Gasteiger partial charge on any atom is -0.493 e. The number of thioether (sulfide) groups is 1. The molecule has 1 amide bonds. The van der Waals surface area contributed by atoms with Gasteiger partial charge in [-0.05, 0) is 19.1 Å². The Balaban J connectivity index is 2.28. The van der Waals surface area contributed by atoms with Crippen molar-refractivity contribution in [2.45, 2.75) is 6.92 Å². The molecule has 1 heterocycles. The molecule has 1 aromatic carbocycles. The predicted octanol–water partition coefficient (Wildman–Crippen LogP) is 2.37. The molecule has 5 nitrogen and oxygen atoms in total. The standard InChI is InChI=1S/C14H13NO4S2/c1-2-19-10-6-4-3-5-9(10)7-11-13(18)15(8-12(16)17)14(20)21-11/h3-7H,2,8H2,1H3,(H,16,17). The summed E-state index contributed by atoms with van der Waals surface area (Å²) >= 11 is 6.14. The van der Waals surface area contributed by atoms with Gasteiger partial charge in [-0.3, -0.25) is 14.5 Å². The Morgan fingerprint density at radius 1 is 1.48 bits per heavy atom. The quantitative estimate of drug-likeness (QED) is 0.663. The van der Waals surface area contributed by atoms with Crippen molar-refractivity contribution >= 4 is 46.3 Å². The van der Waals surface area contributed by atoms with Gasteiger partial charge in [-0.1, -0.05) is 42.2 Å². The Bertz CT molecular complexity index is 627. The third kappa shape index (κ3) is 3.62. The molecule has 0 aliphatic carbocycles. The van der Waals surface area contributed by atoms with E-state index in [1.165, 1.54) is 0 Å². The third-order valence-electron chi connectivity index (χ3n) is 2.67. The number of amides is 1. The van der Waals surface area contributed by atoms with E-state index in [2.05, 4.69) is 0 Å². The number of ether oxygens (including phenoxy) is 1. The highest BCUT2D eigenvalue weighted by Crippen LogP contribution is 2.34. The van der Waals surface area contributed by atoms with Gasteiger partial charge in [0.2, 0.25) is 0 Å². The summed E-state index contributed by atoms with van der Waals surface area (Å²) in [6.07, 6.45) is 1.67. The van der Waals surface area contributed by atoms with Crippen LogP contribution in [0.25, 0.3) is 6.08 Å². The zero-order valence-electron chi connectivity index (χ0n) is 11.2. The number of carboxylic acids is 1. The van der Waals surface area contributed by atoms with Gasteiger partial charge in [-0.15, -0.1) is 0 Å². The second-order valence-corrected chi connectivity index (χ2v) is 5.81. The first-order chi connectivity index (χ1) is 10.0. The molecule has 1 saturated heterocycles. The molecule has 0 aromatic heterocycles. The Labute approximate surface area is 131 Å². The summed E-state index contributed by atoms with van der Waals surface area (Å²) in [5.41, 5.74) is 0.759. The monoisotopic (exact) mass is 323 g/mol. The Morgan fingerprint density at radius 3 is 2.86 bits per heavy atom. The number of hydrogen-bond donors (Lipinski definition) is 1. The molecule has 1 N–H and O–H groups in total. The molecular formula is C14H13NO4S2. The van der Waals surface area contributed by atoms with Crippen LogP contribution in [0.2, 0.25) is 0 Å². The van der Waals surface area contributed by atoms with Crippen LogP contribution in [0.15, 0.2) is 29.2 Å². The molecule has 0 unspecified atom stereocenters. The highest BCUT2D eigenvalue weighted by atomic mass is 32.2. The van der Waals surface area contributed by atoms with E-state index in [4.69, 9.17) is 22.1 Å². The van der Waals surface area contributed by atoms with Crippen LogP contribution in [-0.4, -0.2) is 39.4 Å². The number of hydrogen-bond acceptors (Lipinski definition) is 5. The summed E-state index contributed by atoms with van der Waals surface area (Å²) in [5.74, 6) is -0.815. The fourth-order valence-corrected chi connectivity index (χ4v) is 3.05. The van der Waals surface area contributed by atoms with Crippen LogP contribution in [0, 0.1) is 0 Å². The molecule has 1 aliphatic rings. The lowest BCUT2D eigenvalue weighted by Crippen LogP contribution is -2.33. The van der Waals surface area contributed by atoms with E-state index in [1.54, 1.807) is 6.08 Å². The van der Waals surface area contributed by atoms with Gasteiger partial charge in [0.25, 0.3) is 5.91 Å². The first-order valence-electron chi connectivity index (χ1n) is 6.22. The van der Waals surface area contributed by atoms with Crippen LogP contribution < -0.4 is 4.74 Å². The van der Waals surface area contributed by atoms with Crippen LogP contribution in [0.4, 0.5) is 0 Å². The summed E-state index contributed by atoms with van der Waals surface area (Å²) in [4.78, 5) is 24.4. The van der Waals surface area contributed by atoms with Gasteiger partial charge in [0.15, 0.2) is 0 Å². The van der Waals surface area contributed by atoms with E-state index >= 15 is 0 Å². The van der Waals surface area contributed by atoms with Crippen molar-refractivity contribution in [3.05, 3.63) is 34.7 Å². The lowest BCUT2D eigenvalue weighted by Gasteiger charge is -2.10. The highest BCUT2D eigenvalue weighted by Gasteiger charge is 2.33. The normalized spacial score (nSPS) is 16.6. The first-order valence-corrected chi connectivity index (χ1v) is 7.44. The lowest BCUT2D eigenvalue weighted by molar-refractivity contribution is -0.140. The van der Waals surface area contributed by atoms with Crippen LogP contribution in [0.5, 0.6) is 5.75 Å². The molecule has 7 heteroatoms. The van der Waals surface area contributed by atoms with Crippen molar-refractivity contribution < 1.29 is 19.4 Å². The van der Waals surface area contributed by atoms with Crippen LogP contribution >= 0.6 is 24.0 Å². The largest absolute Gasteiger partial charge is 0.493 e. The zero-order chi connectivity index (χ0) is 15.4. The van der Waals surface area contributed by atoms with Crippen molar-refractivity contribution in [3.63, 3.8) is 0 Å². The van der Waals surface area contributed by atoms with Crippen LogP contribution in [0.1, 0.15) is 12.5 Å². The average Bonchev–Trinajstić information content (AvgIpc) is 2.69. The van der Waals surface area contributed by atoms with Crippen molar-refractivity contribution in [1.29, 1.82) is 0 Å². The number of rotatable bonds is 5. The maximum Gasteiger partial charge on any atom is 0.323 e. The number of carboxylic acid groups (broad SMARTS) is 1. The number of thiocarbonyl (C=S) groups is 1. The van der Waals surface area contributed by atoms with Gasteiger partial charge < -0.3 is 9.84 Å². The number of para-hydroxylation sites is 1. The van der Waals surface area contributed by atoms with Gasteiger partial charge >= 0.3 is 5.97 Å². The molecular weight excluding hydrogens is 310 g/mol. The predicted molar refractivity (Wildman–Crippen MR) is 85.1 cm³/mol. The number of carbonyl (C=O) groups excluding carboxylic acids is 1. The van der Waals surface area contributed by atoms with Gasteiger partial charge in [0.1, 0.15) is 16.6 Å². The Kier molecular flexibility index (Phi) is 4.98. The fourth-order valence-electron chi connectivity index (χ4n) is 1.80. The van der Waals surface area contributed by atoms with Gasteiger partial charge in [-0.2, -0.15) is 0 Å². The van der Waals surface area contributed by atoms with Crippen LogP contribution in [-0.2, 0) is 9.59 Å². The van der Waals surface area contributed by atoms with Crippen molar-refractivity contribution in [3.8, 4) is 5.75 Å². The molecule has 1 fully saturated rings. The number of nitrogens with zero attached hydrogens (tertiary/aromatic N) is 1. The maximum absolute atomic E-state index is 12.2. The second-order valence-electron chi connectivity index (χ2n) is 4.13. The topological polar surface area (TPSA) is 66.8 Å². The molecule has 1 aliphatic heterocycles. The van der Waals surface area contributed by atoms with Crippen molar-refractivity contribution in [1.82, 2.24) is 4.90 Å². The fraction of sp³-hybridized carbons (Fsp3) is 0.214. The summed E-state index contributed by atoms with van der Waals surface area (Å²) in [5, 5.41) is 8.80. The number of benzene rings is 1. The molecule has 110 valence electrons. The lowest BCUT2D eigenvalue weighted by atomic mass is 10.2. The maximum atomic E-state index is 12.2. The average molecular weight is 323 g/mol. The highest BCUT2D eigenvalue weighted by molar-refractivity contribution is 8.26. The minimum atomic E-state index is -1.10. The van der Waals surface area contributed by atoms with Crippen molar-refractivity contribution in [2.75, 3.05) is 13.2 Å². The smallest absolute Gasteiger partial charge is 0.323 e. The molecule has 21 heavy (non-hydrogen) atoms. The summed E-state index contributed by atoms with van der Waals surface area (Å²) in [6, 6.07) is 7.33. The van der Waals surface area contributed by atoms with Gasteiger partial charge in [0.05, 0.1) is 11.5 Å². The second kappa shape index (κ2) is 6.73. The van der Waals surface area contributed by atoms with E-state index in [0.29, 0.717) is 17.3 Å². The Hall–Kier alpha value is -1.86. The van der Waals surface area contributed by atoms with E-state index in [0.717, 1.165) is 22.2 Å². The van der Waals surface area contributed by atoms with E-state index in [1.807, 2.05) is 31.2 Å². The molecule has 0 spiro atoms. The molecule has 0 radical (unpaired) electrons. The van der Waals surface area contributed by atoms with E-state index in [9.17, 15) is 9.59 Å². The Morgan fingerprint density at radius 2 is 2.19 bits per heavy atom. The van der Waals surface area contributed by atoms with Gasteiger partial charge in [0, 0.05) is 5.56 Å². The van der Waals surface area contributed by atoms with E-state index in [-0.39, 0.29) is 4.32 Å². The minimum absolute atomic E-state index is 0.252. The van der Waals surface area contributed by atoms with Crippen LogP contribution in [0.3, 0.4) is 0 Å². The van der Waals surface area contributed by atoms with Crippen molar-refractivity contribution in [2.24, 2.45) is 0 Å². The molecule has 0 bridgehead atoms.